The SMILES string of the molecule is Cn1nc(C(=O)N2CCSC(c3ccccc3F)CC2)ccc1=O. The number of carbonyl (C=O) groups is 1. The van der Waals surface area contributed by atoms with Gasteiger partial charge in [0.25, 0.3) is 11.5 Å². The Morgan fingerprint density at radius 2 is 2.04 bits per heavy atom. The van der Waals surface area contributed by atoms with Crippen LogP contribution in [0.5, 0.6) is 0 Å². The highest BCUT2D eigenvalue weighted by Crippen LogP contribution is 2.35. The van der Waals surface area contributed by atoms with Crippen molar-refractivity contribution in [1.82, 2.24) is 14.7 Å². The maximum Gasteiger partial charge on any atom is 0.274 e. The van der Waals surface area contributed by atoms with E-state index in [1.165, 1.54) is 25.2 Å². The summed E-state index contributed by atoms with van der Waals surface area (Å²) in [6.07, 6.45) is 0.684. The van der Waals surface area contributed by atoms with E-state index < -0.39 is 0 Å². The first-order valence-electron chi connectivity index (χ1n) is 7.76. The summed E-state index contributed by atoms with van der Waals surface area (Å²) >= 11 is 1.66. The molecule has 1 aliphatic heterocycles. The first-order valence-corrected chi connectivity index (χ1v) is 8.81. The summed E-state index contributed by atoms with van der Waals surface area (Å²) in [6.45, 7) is 1.12. The average molecular weight is 347 g/mol. The van der Waals surface area contributed by atoms with Gasteiger partial charge in [-0.05, 0) is 18.6 Å². The van der Waals surface area contributed by atoms with Crippen LogP contribution in [0.15, 0.2) is 41.2 Å². The van der Waals surface area contributed by atoms with Crippen LogP contribution in [0.25, 0.3) is 0 Å². The molecule has 0 saturated carbocycles. The van der Waals surface area contributed by atoms with Gasteiger partial charge in [0.05, 0.1) is 0 Å². The van der Waals surface area contributed by atoms with Crippen LogP contribution in [0.1, 0.15) is 27.7 Å². The molecule has 1 amide bonds. The van der Waals surface area contributed by atoms with E-state index in [9.17, 15) is 14.0 Å². The van der Waals surface area contributed by atoms with Crippen molar-refractivity contribution in [3.63, 3.8) is 0 Å². The molecule has 0 radical (unpaired) electrons. The number of hydrogen-bond acceptors (Lipinski definition) is 4. The normalized spacial score (nSPS) is 18.2. The van der Waals surface area contributed by atoms with Crippen molar-refractivity contribution in [2.75, 3.05) is 18.8 Å². The zero-order valence-corrected chi connectivity index (χ0v) is 14.1. The second kappa shape index (κ2) is 7.17. The second-order valence-corrected chi connectivity index (χ2v) is 6.95. The fourth-order valence-electron chi connectivity index (χ4n) is 2.74. The fraction of sp³-hybridized carbons (Fsp3) is 0.353. The van der Waals surface area contributed by atoms with E-state index >= 15 is 0 Å². The number of aryl methyl sites for hydroxylation is 1. The molecule has 1 aromatic carbocycles. The van der Waals surface area contributed by atoms with Crippen LogP contribution < -0.4 is 5.56 Å². The third-order valence-corrected chi connectivity index (χ3v) is 5.37. The van der Waals surface area contributed by atoms with Crippen molar-refractivity contribution >= 4 is 17.7 Å². The van der Waals surface area contributed by atoms with Crippen LogP contribution in [0.3, 0.4) is 0 Å². The van der Waals surface area contributed by atoms with Gasteiger partial charge < -0.3 is 4.90 Å². The molecule has 126 valence electrons. The largest absolute Gasteiger partial charge is 0.336 e. The molecule has 5 nitrogen and oxygen atoms in total. The summed E-state index contributed by atoms with van der Waals surface area (Å²) in [4.78, 5) is 25.7. The van der Waals surface area contributed by atoms with Gasteiger partial charge in [-0.3, -0.25) is 9.59 Å². The predicted octanol–water partition coefficient (Wildman–Crippen LogP) is 2.24. The second-order valence-electron chi connectivity index (χ2n) is 5.64. The Balaban J connectivity index is 1.73. The molecule has 1 fully saturated rings. The highest BCUT2D eigenvalue weighted by atomic mass is 32.2. The molecule has 1 aliphatic rings. The molecule has 0 aliphatic carbocycles. The highest BCUT2D eigenvalue weighted by molar-refractivity contribution is 7.99. The fourth-order valence-corrected chi connectivity index (χ4v) is 3.99. The molecule has 24 heavy (non-hydrogen) atoms. The maximum atomic E-state index is 14.0. The average Bonchev–Trinajstić information content (AvgIpc) is 2.83. The standard InChI is InChI=1S/C17H18FN3O2S/c1-20-16(22)7-6-14(19-20)17(23)21-9-8-15(24-11-10-21)12-4-2-3-5-13(12)18/h2-7,15H,8-11H2,1H3. The van der Waals surface area contributed by atoms with E-state index in [1.54, 1.807) is 28.8 Å². The Bertz CT molecular complexity index is 808. The number of thioether (sulfide) groups is 1. The summed E-state index contributed by atoms with van der Waals surface area (Å²) < 4.78 is 15.1. The molecule has 2 aromatic rings. The van der Waals surface area contributed by atoms with Gasteiger partial charge >= 0.3 is 0 Å². The molecule has 1 saturated heterocycles. The zero-order chi connectivity index (χ0) is 17.1. The lowest BCUT2D eigenvalue weighted by Gasteiger charge is -2.20. The summed E-state index contributed by atoms with van der Waals surface area (Å²) in [5.74, 6) is 0.339. The van der Waals surface area contributed by atoms with E-state index in [0.29, 0.717) is 25.1 Å². The van der Waals surface area contributed by atoms with Gasteiger partial charge in [-0.25, -0.2) is 9.07 Å². The minimum atomic E-state index is -0.252. The first kappa shape index (κ1) is 16.7. The molecule has 7 heteroatoms. The van der Waals surface area contributed by atoms with E-state index in [2.05, 4.69) is 5.10 Å². The molecule has 2 heterocycles. The van der Waals surface area contributed by atoms with Crippen LogP contribution >= 0.6 is 11.8 Å². The van der Waals surface area contributed by atoms with Crippen LogP contribution in [-0.2, 0) is 7.05 Å². The third-order valence-electron chi connectivity index (χ3n) is 4.06. The predicted molar refractivity (Wildman–Crippen MR) is 91.6 cm³/mol. The molecule has 1 atom stereocenters. The molecule has 1 unspecified atom stereocenters. The Kier molecular flexibility index (Phi) is 4.99. The van der Waals surface area contributed by atoms with Gasteiger partial charge in [0.1, 0.15) is 11.5 Å². The number of nitrogens with zero attached hydrogens (tertiary/aromatic N) is 3. The molecule has 3 rings (SSSR count). The van der Waals surface area contributed by atoms with Crippen molar-refractivity contribution in [2.45, 2.75) is 11.7 Å². The lowest BCUT2D eigenvalue weighted by Crippen LogP contribution is -2.35. The van der Waals surface area contributed by atoms with Crippen LogP contribution in [0, 0.1) is 5.82 Å². The Hall–Kier alpha value is -2.15. The number of hydrogen-bond donors (Lipinski definition) is 0. The highest BCUT2D eigenvalue weighted by Gasteiger charge is 2.25. The third kappa shape index (κ3) is 3.51. The summed E-state index contributed by atoms with van der Waals surface area (Å²) in [5, 5.41) is 4.05. The minimum absolute atomic E-state index is 0.0390. The van der Waals surface area contributed by atoms with Crippen molar-refractivity contribution in [2.24, 2.45) is 7.05 Å². The number of aromatic nitrogens is 2. The maximum absolute atomic E-state index is 14.0. The molecule has 0 bridgehead atoms. The molecule has 0 spiro atoms. The van der Waals surface area contributed by atoms with Crippen LogP contribution in [0.2, 0.25) is 0 Å². The topological polar surface area (TPSA) is 55.2 Å². The molecular weight excluding hydrogens is 329 g/mol. The number of amides is 1. The molecular formula is C17H18FN3O2S. The Morgan fingerprint density at radius 1 is 1.25 bits per heavy atom. The number of benzene rings is 1. The molecule has 1 aromatic heterocycles. The van der Waals surface area contributed by atoms with Gasteiger partial charge in [0.15, 0.2) is 0 Å². The van der Waals surface area contributed by atoms with Crippen LogP contribution in [-0.4, -0.2) is 39.4 Å². The first-order chi connectivity index (χ1) is 11.6. The smallest absolute Gasteiger partial charge is 0.274 e. The summed E-state index contributed by atoms with van der Waals surface area (Å²) in [6, 6.07) is 9.59. The van der Waals surface area contributed by atoms with Gasteiger partial charge in [0.2, 0.25) is 0 Å². The monoisotopic (exact) mass is 347 g/mol. The summed E-state index contributed by atoms with van der Waals surface area (Å²) in [5.41, 5.74) is 0.695. The zero-order valence-electron chi connectivity index (χ0n) is 13.3. The number of rotatable bonds is 2. The van der Waals surface area contributed by atoms with E-state index in [-0.39, 0.29) is 28.2 Å². The van der Waals surface area contributed by atoms with E-state index in [0.717, 1.165) is 10.4 Å². The Labute approximate surface area is 143 Å². The molecule has 0 N–H and O–H groups in total. The quantitative estimate of drug-likeness (QED) is 0.836. The van der Waals surface area contributed by atoms with Crippen molar-refractivity contribution in [3.05, 3.63) is 63.8 Å². The van der Waals surface area contributed by atoms with Gasteiger partial charge in [0, 0.05) is 42.8 Å². The van der Waals surface area contributed by atoms with Gasteiger partial charge in [-0.1, -0.05) is 18.2 Å². The lowest BCUT2D eigenvalue weighted by atomic mass is 10.1. The van der Waals surface area contributed by atoms with Gasteiger partial charge in [-0.2, -0.15) is 16.9 Å². The number of halogens is 1. The van der Waals surface area contributed by atoms with E-state index in [4.69, 9.17) is 0 Å². The lowest BCUT2D eigenvalue weighted by molar-refractivity contribution is 0.0758. The minimum Gasteiger partial charge on any atom is -0.336 e. The Morgan fingerprint density at radius 3 is 2.79 bits per heavy atom. The summed E-state index contributed by atoms with van der Waals surface area (Å²) in [7, 11) is 1.52. The van der Waals surface area contributed by atoms with Gasteiger partial charge in [-0.15, -0.1) is 0 Å². The number of carbonyl (C=O) groups excluding carboxylic acids is 1. The van der Waals surface area contributed by atoms with Crippen LogP contribution in [0.4, 0.5) is 4.39 Å². The van der Waals surface area contributed by atoms with Crippen molar-refractivity contribution in [1.29, 1.82) is 0 Å². The van der Waals surface area contributed by atoms with Crippen molar-refractivity contribution < 1.29 is 9.18 Å². The van der Waals surface area contributed by atoms with Crippen molar-refractivity contribution in [3.8, 4) is 0 Å². The van der Waals surface area contributed by atoms with E-state index in [1.807, 2.05) is 6.07 Å².